The van der Waals surface area contributed by atoms with E-state index >= 15 is 0 Å². The molecule has 0 radical (unpaired) electrons. The normalized spacial score (nSPS) is 11.6. The zero-order valence-corrected chi connectivity index (χ0v) is 16.7. The van der Waals surface area contributed by atoms with Crippen LogP contribution >= 0.6 is 34.5 Å². The van der Waals surface area contributed by atoms with E-state index in [1.807, 2.05) is 0 Å². The molecule has 4 nitrogen and oxygen atoms in total. The van der Waals surface area contributed by atoms with Crippen LogP contribution in [0.1, 0.15) is 22.8 Å². The van der Waals surface area contributed by atoms with E-state index in [-0.39, 0.29) is 18.1 Å². The van der Waals surface area contributed by atoms with Gasteiger partial charge in [0.05, 0.1) is 14.9 Å². The number of anilines is 1. The summed E-state index contributed by atoms with van der Waals surface area (Å²) in [6, 6.07) is 11.9. The Hall–Kier alpha value is -2.34. The number of aliphatic imine (C=N–C) groups is 1. The Morgan fingerprint density at radius 3 is 2.52 bits per heavy atom. The minimum atomic E-state index is -0.117. The summed E-state index contributed by atoms with van der Waals surface area (Å²) in [7, 11) is 0. The first kappa shape index (κ1) is 19.4. The molecule has 0 bridgehead atoms. The molecule has 3 N–H and O–H groups in total. The molecule has 3 rings (SSSR count). The van der Waals surface area contributed by atoms with Gasteiger partial charge in [0.15, 0.2) is 5.78 Å². The maximum atomic E-state index is 12.2. The number of rotatable bonds is 5. The minimum Gasteiger partial charge on any atom is -0.506 e. The summed E-state index contributed by atoms with van der Waals surface area (Å²) in [4.78, 5) is 17.2. The summed E-state index contributed by atoms with van der Waals surface area (Å²) < 4.78 is 0. The number of carbonyl (C=O) groups excluding carboxylic acids is 1. The average molecular weight is 419 g/mol. The summed E-state index contributed by atoms with van der Waals surface area (Å²) >= 11 is 13.4. The van der Waals surface area contributed by atoms with Gasteiger partial charge in [-0.2, -0.15) is 0 Å². The van der Waals surface area contributed by atoms with E-state index < -0.39 is 0 Å². The van der Waals surface area contributed by atoms with Crippen LogP contribution in [0.25, 0.3) is 10.4 Å². The highest BCUT2D eigenvalue weighted by molar-refractivity contribution is 7.14. The van der Waals surface area contributed by atoms with Gasteiger partial charge in [0, 0.05) is 27.9 Å². The lowest BCUT2D eigenvalue weighted by Crippen LogP contribution is -2.06. The Labute approximate surface area is 170 Å². The summed E-state index contributed by atoms with van der Waals surface area (Å²) in [6.45, 7) is 1.75. The first-order valence-electron chi connectivity index (χ1n) is 8.03. The van der Waals surface area contributed by atoms with Gasteiger partial charge in [0.1, 0.15) is 12.3 Å². The maximum absolute atomic E-state index is 12.2. The monoisotopic (exact) mass is 418 g/mol. The van der Waals surface area contributed by atoms with Crippen LogP contribution in [-0.4, -0.2) is 23.1 Å². The molecule has 0 aliphatic heterocycles. The van der Waals surface area contributed by atoms with Gasteiger partial charge < -0.3 is 10.8 Å². The van der Waals surface area contributed by atoms with Crippen molar-refractivity contribution in [3.8, 4) is 16.2 Å². The van der Waals surface area contributed by atoms with Crippen molar-refractivity contribution in [3.05, 3.63) is 69.0 Å². The number of hydrogen-bond acceptors (Lipinski definition) is 5. The van der Waals surface area contributed by atoms with Gasteiger partial charge in [0.2, 0.25) is 0 Å². The maximum Gasteiger partial charge on any atom is 0.184 e. The summed E-state index contributed by atoms with van der Waals surface area (Å²) in [5, 5.41) is 13.3. The van der Waals surface area contributed by atoms with Gasteiger partial charge in [-0.05, 0) is 48.9 Å². The van der Waals surface area contributed by atoms with Crippen LogP contribution in [0.5, 0.6) is 5.75 Å². The van der Waals surface area contributed by atoms with Gasteiger partial charge in [-0.1, -0.05) is 29.3 Å². The van der Waals surface area contributed by atoms with E-state index in [2.05, 4.69) is 4.99 Å². The molecule has 0 aliphatic carbocycles. The standard InChI is InChI=1S/C20H16Cl2N2O2S/c1-11(24-9-18(25)12-2-5-14(23)6-3-12)15-10-27-20(19(15)26)13-4-7-16(21)17(22)8-13/h2-8,10,26H,9,23H2,1H3. The lowest BCUT2D eigenvalue weighted by molar-refractivity contribution is 0.100. The van der Waals surface area contributed by atoms with E-state index in [4.69, 9.17) is 28.9 Å². The van der Waals surface area contributed by atoms with Crippen LogP contribution < -0.4 is 5.73 Å². The summed E-state index contributed by atoms with van der Waals surface area (Å²) in [6.07, 6.45) is 0. The van der Waals surface area contributed by atoms with Gasteiger partial charge >= 0.3 is 0 Å². The number of nitrogens with zero attached hydrogens (tertiary/aromatic N) is 1. The fraction of sp³-hybridized carbons (Fsp3) is 0.100. The van der Waals surface area contributed by atoms with Crippen LogP contribution in [0.2, 0.25) is 10.0 Å². The number of aromatic hydroxyl groups is 1. The lowest BCUT2D eigenvalue weighted by atomic mass is 10.1. The van der Waals surface area contributed by atoms with Gasteiger partial charge in [0.25, 0.3) is 0 Å². The molecule has 3 aromatic rings. The molecule has 0 fully saturated rings. The molecule has 27 heavy (non-hydrogen) atoms. The van der Waals surface area contributed by atoms with E-state index in [1.54, 1.807) is 54.8 Å². The quantitative estimate of drug-likeness (QED) is 0.316. The number of thiophene rings is 1. The van der Waals surface area contributed by atoms with E-state index in [9.17, 15) is 9.90 Å². The third kappa shape index (κ3) is 4.33. The zero-order valence-electron chi connectivity index (χ0n) is 14.4. The first-order valence-corrected chi connectivity index (χ1v) is 9.66. The predicted octanol–water partition coefficient (Wildman–Crippen LogP) is 5.70. The largest absolute Gasteiger partial charge is 0.506 e. The second kappa shape index (κ2) is 8.13. The van der Waals surface area contributed by atoms with Crippen LogP contribution in [0.4, 0.5) is 5.69 Å². The number of Topliss-reactive ketones (excluding diaryl/α,β-unsaturated/α-hetero) is 1. The van der Waals surface area contributed by atoms with E-state index in [0.717, 1.165) is 5.56 Å². The Morgan fingerprint density at radius 2 is 1.85 bits per heavy atom. The molecule has 0 spiro atoms. The van der Waals surface area contributed by atoms with Gasteiger partial charge in [-0.15, -0.1) is 11.3 Å². The molecule has 0 saturated heterocycles. The fourth-order valence-electron chi connectivity index (χ4n) is 2.49. The zero-order chi connectivity index (χ0) is 19.6. The highest BCUT2D eigenvalue weighted by Gasteiger charge is 2.16. The van der Waals surface area contributed by atoms with Crippen molar-refractivity contribution in [1.82, 2.24) is 0 Å². The number of hydrogen-bond donors (Lipinski definition) is 2. The molecular formula is C20H16Cl2N2O2S. The third-order valence-corrected chi connectivity index (χ3v) is 5.79. The molecule has 138 valence electrons. The number of nitrogen functional groups attached to an aromatic ring is 1. The number of nitrogens with two attached hydrogens (primary N) is 1. The van der Waals surface area contributed by atoms with Crippen molar-refractivity contribution >= 4 is 51.7 Å². The number of benzene rings is 2. The molecule has 7 heteroatoms. The summed E-state index contributed by atoms with van der Waals surface area (Å²) in [5.74, 6) is -0.00616. The molecule has 0 unspecified atom stereocenters. The molecular weight excluding hydrogens is 403 g/mol. The highest BCUT2D eigenvalue weighted by atomic mass is 35.5. The molecule has 2 aromatic carbocycles. The Bertz CT molecular complexity index is 1030. The van der Waals surface area contributed by atoms with Crippen LogP contribution in [0.3, 0.4) is 0 Å². The first-order chi connectivity index (χ1) is 12.9. The average Bonchev–Trinajstić information content (AvgIpc) is 3.04. The fourth-order valence-corrected chi connectivity index (χ4v) is 3.79. The van der Waals surface area contributed by atoms with Crippen molar-refractivity contribution in [3.63, 3.8) is 0 Å². The van der Waals surface area contributed by atoms with Crippen LogP contribution in [-0.2, 0) is 0 Å². The van der Waals surface area contributed by atoms with E-state index in [0.29, 0.717) is 37.4 Å². The Kier molecular flexibility index (Phi) is 5.85. The van der Waals surface area contributed by atoms with Crippen LogP contribution in [0.15, 0.2) is 52.8 Å². The topological polar surface area (TPSA) is 75.7 Å². The van der Waals surface area contributed by atoms with Crippen molar-refractivity contribution in [2.24, 2.45) is 4.99 Å². The number of halogens is 2. The second-order valence-electron chi connectivity index (χ2n) is 5.90. The van der Waals surface area contributed by atoms with Gasteiger partial charge in [-0.25, -0.2) is 0 Å². The second-order valence-corrected chi connectivity index (χ2v) is 7.60. The third-order valence-electron chi connectivity index (χ3n) is 4.03. The molecule has 0 amide bonds. The van der Waals surface area contributed by atoms with Crippen molar-refractivity contribution in [2.75, 3.05) is 12.3 Å². The van der Waals surface area contributed by atoms with Crippen molar-refractivity contribution < 1.29 is 9.90 Å². The molecule has 0 aliphatic rings. The molecule has 0 saturated carbocycles. The highest BCUT2D eigenvalue weighted by Crippen LogP contribution is 2.40. The Balaban J connectivity index is 1.80. The van der Waals surface area contributed by atoms with Crippen molar-refractivity contribution in [1.29, 1.82) is 0 Å². The number of ketones is 1. The van der Waals surface area contributed by atoms with Crippen molar-refractivity contribution in [2.45, 2.75) is 6.92 Å². The van der Waals surface area contributed by atoms with E-state index in [1.165, 1.54) is 11.3 Å². The molecule has 1 aromatic heterocycles. The molecule has 0 atom stereocenters. The summed E-state index contributed by atoms with van der Waals surface area (Å²) in [5.41, 5.74) is 8.72. The minimum absolute atomic E-state index is 0.00680. The smallest absolute Gasteiger partial charge is 0.184 e. The SMILES string of the molecule is CC(=NCC(=O)c1ccc(N)cc1)c1csc(-c2ccc(Cl)c(Cl)c2)c1O. The number of carbonyl (C=O) groups is 1. The van der Waals surface area contributed by atoms with Crippen LogP contribution in [0, 0.1) is 0 Å². The Morgan fingerprint density at radius 1 is 1.15 bits per heavy atom. The molecule has 1 heterocycles. The lowest BCUT2D eigenvalue weighted by Gasteiger charge is -2.04. The predicted molar refractivity (Wildman–Crippen MR) is 114 cm³/mol. The van der Waals surface area contributed by atoms with Gasteiger partial charge in [-0.3, -0.25) is 9.79 Å².